The maximum atomic E-state index is 12.5. The Morgan fingerprint density at radius 2 is 1.71 bits per heavy atom. The number of nitrogens with one attached hydrogen (secondary N) is 2. The number of rotatable bonds is 3. The summed E-state index contributed by atoms with van der Waals surface area (Å²) in [5.41, 5.74) is 0.888. The Balaban J connectivity index is 1.82. The molecule has 2 amide bonds. The molecule has 0 atom stereocenters. The van der Waals surface area contributed by atoms with Gasteiger partial charge in [0.15, 0.2) is 0 Å². The van der Waals surface area contributed by atoms with Crippen LogP contribution in [0.3, 0.4) is 0 Å². The van der Waals surface area contributed by atoms with E-state index in [2.05, 4.69) is 31.5 Å². The van der Waals surface area contributed by atoms with E-state index in [4.69, 9.17) is 0 Å². The first kappa shape index (κ1) is 15.9. The fourth-order valence-electron chi connectivity index (χ4n) is 2.09. The Morgan fingerprint density at radius 1 is 1.00 bits per heavy atom. The zero-order valence-corrected chi connectivity index (χ0v) is 14.0. The second-order valence-corrected chi connectivity index (χ2v) is 5.79. The van der Waals surface area contributed by atoms with Gasteiger partial charge >= 0.3 is 6.03 Å². The first-order valence-electron chi connectivity index (χ1n) is 7.10. The van der Waals surface area contributed by atoms with Crippen molar-refractivity contribution in [2.24, 2.45) is 0 Å². The van der Waals surface area contributed by atoms with Gasteiger partial charge in [0.1, 0.15) is 0 Å². The van der Waals surface area contributed by atoms with Gasteiger partial charge in [-0.2, -0.15) is 0 Å². The van der Waals surface area contributed by atoms with Crippen molar-refractivity contribution in [2.45, 2.75) is 0 Å². The molecule has 3 aromatic rings. The van der Waals surface area contributed by atoms with E-state index in [1.54, 1.807) is 42.6 Å². The second-order valence-electron chi connectivity index (χ2n) is 4.87. The largest absolute Gasteiger partial charge is 0.325 e. The fraction of sp³-hybridized carbons (Fsp3) is 0. The highest BCUT2D eigenvalue weighted by atomic mass is 79.9. The lowest BCUT2D eigenvalue weighted by Gasteiger charge is -2.09. The van der Waals surface area contributed by atoms with E-state index in [1.165, 1.54) is 10.8 Å². The SMILES string of the molecule is O=C(Nc1ccccc1)Nc1nccn(-c2ccc(Br)cc2)c1=O. The number of nitrogens with zero attached hydrogens (tertiary/aromatic N) is 2. The molecule has 0 bridgehead atoms. The normalized spacial score (nSPS) is 10.2. The second kappa shape index (κ2) is 7.10. The van der Waals surface area contributed by atoms with Crippen LogP contribution in [0.4, 0.5) is 16.3 Å². The Morgan fingerprint density at radius 3 is 2.42 bits per heavy atom. The molecule has 6 nitrogen and oxygen atoms in total. The molecule has 0 saturated carbocycles. The average Bonchev–Trinajstić information content (AvgIpc) is 2.59. The highest BCUT2D eigenvalue weighted by molar-refractivity contribution is 9.10. The minimum absolute atomic E-state index is 0.0474. The van der Waals surface area contributed by atoms with Crippen molar-refractivity contribution in [3.63, 3.8) is 0 Å². The number of urea groups is 1. The number of amides is 2. The molecule has 0 saturated heterocycles. The summed E-state index contributed by atoms with van der Waals surface area (Å²) in [6.45, 7) is 0. The van der Waals surface area contributed by atoms with Gasteiger partial charge in [0.25, 0.3) is 5.56 Å². The van der Waals surface area contributed by atoms with Crippen molar-refractivity contribution < 1.29 is 4.79 Å². The molecule has 0 spiro atoms. The molecule has 0 aliphatic carbocycles. The number of anilines is 2. The van der Waals surface area contributed by atoms with Crippen molar-refractivity contribution in [1.29, 1.82) is 0 Å². The topological polar surface area (TPSA) is 76.0 Å². The van der Waals surface area contributed by atoms with Gasteiger partial charge in [-0.1, -0.05) is 34.1 Å². The van der Waals surface area contributed by atoms with Crippen molar-refractivity contribution in [1.82, 2.24) is 9.55 Å². The first-order chi connectivity index (χ1) is 11.6. The van der Waals surface area contributed by atoms with Gasteiger partial charge in [-0.05, 0) is 36.4 Å². The van der Waals surface area contributed by atoms with Crippen LogP contribution in [0.25, 0.3) is 5.69 Å². The molecule has 3 rings (SSSR count). The monoisotopic (exact) mass is 384 g/mol. The number of para-hydroxylation sites is 1. The smallest absolute Gasteiger partial charge is 0.308 e. The fourth-order valence-corrected chi connectivity index (χ4v) is 2.36. The van der Waals surface area contributed by atoms with Crippen LogP contribution in [0.5, 0.6) is 0 Å². The summed E-state index contributed by atoms with van der Waals surface area (Å²) in [4.78, 5) is 28.4. The number of benzene rings is 2. The summed E-state index contributed by atoms with van der Waals surface area (Å²) < 4.78 is 2.33. The van der Waals surface area contributed by atoms with Gasteiger partial charge in [-0.15, -0.1) is 0 Å². The zero-order chi connectivity index (χ0) is 16.9. The van der Waals surface area contributed by atoms with Crippen LogP contribution in [0.15, 0.2) is 76.3 Å². The lowest BCUT2D eigenvalue weighted by Crippen LogP contribution is -2.28. The number of aromatic nitrogens is 2. The average molecular weight is 385 g/mol. The van der Waals surface area contributed by atoms with E-state index in [1.807, 2.05) is 18.2 Å². The number of hydrogen-bond acceptors (Lipinski definition) is 3. The summed E-state index contributed by atoms with van der Waals surface area (Å²) in [5, 5.41) is 5.12. The Labute approximate surface area is 146 Å². The van der Waals surface area contributed by atoms with Gasteiger partial charge in [0.05, 0.1) is 0 Å². The number of halogens is 1. The molecule has 0 radical (unpaired) electrons. The third-order valence-corrected chi connectivity index (χ3v) is 3.74. The molecule has 1 aromatic heterocycles. The van der Waals surface area contributed by atoms with Crippen LogP contribution in [0, 0.1) is 0 Å². The van der Waals surface area contributed by atoms with E-state index < -0.39 is 11.6 Å². The quantitative estimate of drug-likeness (QED) is 0.723. The maximum Gasteiger partial charge on any atom is 0.325 e. The molecule has 2 N–H and O–H groups in total. The van der Waals surface area contributed by atoms with Gasteiger partial charge in [-0.3, -0.25) is 14.7 Å². The van der Waals surface area contributed by atoms with Crippen LogP contribution in [0.2, 0.25) is 0 Å². The molecule has 24 heavy (non-hydrogen) atoms. The van der Waals surface area contributed by atoms with E-state index in [0.29, 0.717) is 11.4 Å². The van der Waals surface area contributed by atoms with Crippen molar-refractivity contribution in [3.05, 3.63) is 81.8 Å². The Kier molecular flexibility index (Phi) is 4.72. The summed E-state index contributed by atoms with van der Waals surface area (Å²) in [7, 11) is 0. The molecular weight excluding hydrogens is 372 g/mol. The molecule has 120 valence electrons. The molecule has 7 heteroatoms. The lowest BCUT2D eigenvalue weighted by molar-refractivity contribution is 0.262. The standard InChI is InChI=1S/C17H13BrN4O2/c18-12-6-8-14(9-7-12)22-11-10-19-15(16(22)23)21-17(24)20-13-4-2-1-3-5-13/h1-11H,(H2,19,20,21,24). The molecule has 0 unspecified atom stereocenters. The number of hydrogen-bond donors (Lipinski definition) is 2. The summed E-state index contributed by atoms with van der Waals surface area (Å²) in [5.74, 6) is -0.0474. The predicted octanol–water partition coefficient (Wildman–Crippen LogP) is 3.64. The van der Waals surface area contributed by atoms with Gasteiger partial charge in [0.2, 0.25) is 5.82 Å². The predicted molar refractivity (Wildman–Crippen MR) is 96.6 cm³/mol. The highest BCUT2D eigenvalue weighted by Gasteiger charge is 2.10. The van der Waals surface area contributed by atoms with Crippen LogP contribution in [-0.4, -0.2) is 15.6 Å². The summed E-state index contributed by atoms with van der Waals surface area (Å²) in [6, 6.07) is 15.7. The van der Waals surface area contributed by atoms with Crippen molar-refractivity contribution in [2.75, 3.05) is 10.6 Å². The summed E-state index contributed by atoms with van der Waals surface area (Å²) >= 11 is 3.35. The van der Waals surface area contributed by atoms with E-state index in [9.17, 15) is 9.59 Å². The van der Waals surface area contributed by atoms with Crippen LogP contribution >= 0.6 is 15.9 Å². The molecule has 1 heterocycles. The van der Waals surface area contributed by atoms with Crippen LogP contribution in [-0.2, 0) is 0 Å². The third kappa shape index (κ3) is 3.69. The maximum absolute atomic E-state index is 12.5. The molecule has 0 fully saturated rings. The van der Waals surface area contributed by atoms with Gasteiger partial charge in [-0.25, -0.2) is 9.78 Å². The number of carbonyl (C=O) groups is 1. The highest BCUT2D eigenvalue weighted by Crippen LogP contribution is 2.13. The van der Waals surface area contributed by atoms with E-state index >= 15 is 0 Å². The zero-order valence-electron chi connectivity index (χ0n) is 12.4. The first-order valence-corrected chi connectivity index (χ1v) is 7.89. The van der Waals surface area contributed by atoms with E-state index in [-0.39, 0.29) is 5.82 Å². The third-order valence-electron chi connectivity index (χ3n) is 3.21. The minimum Gasteiger partial charge on any atom is -0.308 e. The minimum atomic E-state index is -0.528. The van der Waals surface area contributed by atoms with Gasteiger partial charge in [0, 0.05) is 28.2 Å². The summed E-state index contributed by atoms with van der Waals surface area (Å²) in [6.07, 6.45) is 3.01. The molecule has 0 aliphatic heterocycles. The van der Waals surface area contributed by atoms with Crippen LogP contribution in [0.1, 0.15) is 0 Å². The Hall–Kier alpha value is -2.93. The van der Waals surface area contributed by atoms with Crippen molar-refractivity contribution >= 4 is 33.5 Å². The number of carbonyl (C=O) groups excluding carboxylic acids is 1. The van der Waals surface area contributed by atoms with Gasteiger partial charge < -0.3 is 5.32 Å². The van der Waals surface area contributed by atoms with E-state index in [0.717, 1.165) is 4.47 Å². The van der Waals surface area contributed by atoms with Crippen molar-refractivity contribution in [3.8, 4) is 5.69 Å². The van der Waals surface area contributed by atoms with Crippen LogP contribution < -0.4 is 16.2 Å². The molecule has 0 aliphatic rings. The molecule has 2 aromatic carbocycles. The Bertz CT molecular complexity index is 908. The molecular formula is C17H13BrN4O2. The lowest BCUT2D eigenvalue weighted by atomic mass is 10.3.